The topological polar surface area (TPSA) is 52.6 Å². The van der Waals surface area contributed by atoms with Gasteiger partial charge in [-0.2, -0.15) is 0 Å². The number of nitrogens with one attached hydrogen (secondary N) is 1. The molecule has 120 valence electrons. The number of anilines is 1. The lowest BCUT2D eigenvalue weighted by Crippen LogP contribution is -2.34. The molecule has 0 atom stereocenters. The van der Waals surface area contributed by atoms with Gasteiger partial charge in [-0.05, 0) is 50.2 Å². The molecule has 1 amide bonds. The molecule has 0 aliphatic rings. The molecule has 2 N–H and O–H groups in total. The lowest BCUT2D eigenvalue weighted by atomic mass is 10.2. The van der Waals surface area contributed by atoms with Crippen LogP contribution < -0.4 is 5.32 Å². The molecule has 1 rings (SSSR count). The Bertz CT molecular complexity index is 388. The molecule has 0 aliphatic heterocycles. The van der Waals surface area contributed by atoms with Crippen molar-refractivity contribution < 1.29 is 9.90 Å². The van der Waals surface area contributed by atoms with E-state index < -0.39 is 0 Å². The average molecular weight is 315 g/mol. The fraction of sp³-hybridized carbons (Fsp3) is 0.562. The minimum Gasteiger partial charge on any atom is -0.508 e. The number of benzene rings is 1. The van der Waals surface area contributed by atoms with Crippen LogP contribution in [0.4, 0.5) is 5.69 Å². The van der Waals surface area contributed by atoms with Gasteiger partial charge in [0, 0.05) is 5.69 Å². The van der Waals surface area contributed by atoms with E-state index in [-0.39, 0.29) is 24.1 Å². The van der Waals surface area contributed by atoms with Gasteiger partial charge >= 0.3 is 0 Å². The smallest absolute Gasteiger partial charge is 0.238 e. The number of hydrogen-bond acceptors (Lipinski definition) is 3. The first-order chi connectivity index (χ1) is 9.65. The molecule has 4 nitrogen and oxygen atoms in total. The average Bonchev–Trinajstić information content (AvgIpc) is 2.44. The summed E-state index contributed by atoms with van der Waals surface area (Å²) in [6, 6.07) is 6.55. The summed E-state index contributed by atoms with van der Waals surface area (Å²) in [6.07, 6.45) is 4.52. The Labute approximate surface area is 133 Å². The molecule has 0 aliphatic carbocycles. The lowest BCUT2D eigenvalue weighted by molar-refractivity contribution is -0.117. The molecule has 1 aromatic carbocycles. The molecule has 0 radical (unpaired) electrons. The van der Waals surface area contributed by atoms with Crippen LogP contribution in [0.5, 0.6) is 5.75 Å². The fourth-order valence-electron chi connectivity index (χ4n) is 1.98. The Balaban J connectivity index is 0.00000400. The highest BCUT2D eigenvalue weighted by Gasteiger charge is 2.10. The first kappa shape index (κ1) is 19.7. The maximum absolute atomic E-state index is 12.0. The van der Waals surface area contributed by atoms with E-state index in [0.29, 0.717) is 6.54 Å². The molecule has 0 fully saturated rings. The summed E-state index contributed by atoms with van der Waals surface area (Å²) in [5, 5.41) is 12.1. The highest BCUT2D eigenvalue weighted by molar-refractivity contribution is 5.92. The van der Waals surface area contributed by atoms with Crippen LogP contribution in [0, 0.1) is 0 Å². The number of aromatic hydroxyl groups is 1. The number of amides is 1. The van der Waals surface area contributed by atoms with Gasteiger partial charge in [-0.3, -0.25) is 9.69 Å². The van der Waals surface area contributed by atoms with E-state index in [9.17, 15) is 9.90 Å². The molecule has 1 aromatic rings. The Kier molecular flexibility index (Phi) is 10.7. The van der Waals surface area contributed by atoms with E-state index in [1.54, 1.807) is 24.3 Å². The Hall–Kier alpha value is -1.26. The van der Waals surface area contributed by atoms with Crippen LogP contribution in [0.25, 0.3) is 0 Å². The number of rotatable bonds is 9. The minimum absolute atomic E-state index is 0. The van der Waals surface area contributed by atoms with Crippen LogP contribution in [0.15, 0.2) is 24.3 Å². The van der Waals surface area contributed by atoms with Crippen LogP contribution in [-0.2, 0) is 4.79 Å². The summed E-state index contributed by atoms with van der Waals surface area (Å²) in [6.45, 7) is 6.70. The van der Waals surface area contributed by atoms with Crippen molar-refractivity contribution in [1.29, 1.82) is 0 Å². The highest BCUT2D eigenvalue weighted by Crippen LogP contribution is 2.13. The first-order valence-corrected chi connectivity index (χ1v) is 7.47. The van der Waals surface area contributed by atoms with Crippen LogP contribution >= 0.6 is 12.4 Å². The van der Waals surface area contributed by atoms with E-state index in [1.807, 2.05) is 0 Å². The van der Waals surface area contributed by atoms with Crippen molar-refractivity contribution >= 4 is 24.0 Å². The van der Waals surface area contributed by atoms with E-state index in [0.717, 1.165) is 44.5 Å². The number of hydrogen-bond donors (Lipinski definition) is 2. The Morgan fingerprint density at radius 2 is 1.62 bits per heavy atom. The Morgan fingerprint density at radius 1 is 1.10 bits per heavy atom. The van der Waals surface area contributed by atoms with Gasteiger partial charge in [-0.25, -0.2) is 0 Å². The summed E-state index contributed by atoms with van der Waals surface area (Å²) in [4.78, 5) is 14.2. The highest BCUT2D eigenvalue weighted by atomic mass is 35.5. The van der Waals surface area contributed by atoms with E-state index in [4.69, 9.17) is 0 Å². The molecule has 0 unspecified atom stereocenters. The molecule has 0 saturated carbocycles. The lowest BCUT2D eigenvalue weighted by Gasteiger charge is -2.21. The van der Waals surface area contributed by atoms with Crippen LogP contribution in [-0.4, -0.2) is 35.5 Å². The SMILES string of the molecule is CCCCN(CCCC)CC(=O)Nc1ccc(O)cc1.Cl. The second-order valence-corrected chi connectivity index (χ2v) is 5.08. The van der Waals surface area contributed by atoms with Crippen molar-refractivity contribution in [3.8, 4) is 5.75 Å². The zero-order valence-electron chi connectivity index (χ0n) is 13.0. The maximum atomic E-state index is 12.0. The number of carbonyl (C=O) groups is 1. The van der Waals surface area contributed by atoms with Crippen molar-refractivity contribution in [3.05, 3.63) is 24.3 Å². The first-order valence-electron chi connectivity index (χ1n) is 7.47. The summed E-state index contributed by atoms with van der Waals surface area (Å²) in [5.74, 6) is 0.207. The molecule has 21 heavy (non-hydrogen) atoms. The maximum Gasteiger partial charge on any atom is 0.238 e. The normalized spacial score (nSPS) is 10.2. The second-order valence-electron chi connectivity index (χ2n) is 5.08. The Morgan fingerprint density at radius 3 is 2.10 bits per heavy atom. The van der Waals surface area contributed by atoms with E-state index in [2.05, 4.69) is 24.1 Å². The third-order valence-corrected chi connectivity index (χ3v) is 3.17. The van der Waals surface area contributed by atoms with Crippen LogP contribution in [0.1, 0.15) is 39.5 Å². The van der Waals surface area contributed by atoms with Crippen molar-refractivity contribution in [2.45, 2.75) is 39.5 Å². The zero-order valence-corrected chi connectivity index (χ0v) is 13.8. The molecule has 5 heteroatoms. The fourth-order valence-corrected chi connectivity index (χ4v) is 1.98. The number of phenolic OH excluding ortho intramolecular Hbond substituents is 1. The molecule has 0 heterocycles. The number of carbonyl (C=O) groups excluding carboxylic acids is 1. The predicted molar refractivity (Wildman–Crippen MR) is 90.2 cm³/mol. The molecular formula is C16H27ClN2O2. The van der Waals surface area contributed by atoms with Gasteiger partial charge in [0.2, 0.25) is 5.91 Å². The minimum atomic E-state index is 0. The van der Waals surface area contributed by atoms with Gasteiger partial charge in [0.1, 0.15) is 5.75 Å². The molecular weight excluding hydrogens is 288 g/mol. The van der Waals surface area contributed by atoms with Gasteiger partial charge in [-0.15, -0.1) is 12.4 Å². The van der Waals surface area contributed by atoms with Gasteiger partial charge < -0.3 is 10.4 Å². The third-order valence-electron chi connectivity index (χ3n) is 3.17. The largest absolute Gasteiger partial charge is 0.508 e. The predicted octanol–water partition coefficient (Wildman–Crippen LogP) is 3.65. The number of halogens is 1. The molecule has 0 bridgehead atoms. The van der Waals surface area contributed by atoms with Gasteiger partial charge in [0.25, 0.3) is 0 Å². The van der Waals surface area contributed by atoms with Crippen LogP contribution in [0.2, 0.25) is 0 Å². The molecule has 0 spiro atoms. The summed E-state index contributed by atoms with van der Waals surface area (Å²) in [5.41, 5.74) is 0.721. The zero-order chi connectivity index (χ0) is 14.8. The van der Waals surface area contributed by atoms with Crippen molar-refractivity contribution in [2.75, 3.05) is 25.0 Å². The summed E-state index contributed by atoms with van der Waals surface area (Å²) >= 11 is 0. The third kappa shape index (κ3) is 8.58. The summed E-state index contributed by atoms with van der Waals surface area (Å²) in [7, 11) is 0. The van der Waals surface area contributed by atoms with Crippen molar-refractivity contribution in [2.24, 2.45) is 0 Å². The monoisotopic (exact) mass is 314 g/mol. The van der Waals surface area contributed by atoms with Crippen molar-refractivity contribution in [1.82, 2.24) is 4.90 Å². The standard InChI is InChI=1S/C16H26N2O2.ClH/c1-3-5-11-18(12-6-4-2)13-16(20)17-14-7-9-15(19)10-8-14;/h7-10,19H,3-6,11-13H2,1-2H3,(H,17,20);1H. The van der Waals surface area contributed by atoms with Crippen LogP contribution in [0.3, 0.4) is 0 Å². The van der Waals surface area contributed by atoms with Crippen molar-refractivity contribution in [3.63, 3.8) is 0 Å². The van der Waals surface area contributed by atoms with Gasteiger partial charge in [0.05, 0.1) is 6.54 Å². The second kappa shape index (κ2) is 11.4. The number of phenols is 1. The van der Waals surface area contributed by atoms with E-state index >= 15 is 0 Å². The molecule has 0 saturated heterocycles. The van der Waals surface area contributed by atoms with Gasteiger partial charge in [-0.1, -0.05) is 26.7 Å². The quantitative estimate of drug-likeness (QED) is 0.684. The molecule has 0 aromatic heterocycles. The number of nitrogens with zero attached hydrogens (tertiary/aromatic N) is 1. The van der Waals surface area contributed by atoms with E-state index in [1.165, 1.54) is 0 Å². The summed E-state index contributed by atoms with van der Waals surface area (Å²) < 4.78 is 0. The number of unbranched alkanes of at least 4 members (excludes halogenated alkanes) is 2. The van der Waals surface area contributed by atoms with Gasteiger partial charge in [0.15, 0.2) is 0 Å².